The third-order valence-electron chi connectivity index (χ3n) is 4.38. The molecule has 5 nitrogen and oxygen atoms in total. The van der Waals surface area contributed by atoms with Gasteiger partial charge in [0.1, 0.15) is 17.4 Å². The van der Waals surface area contributed by atoms with Crippen LogP contribution in [0.25, 0.3) is 0 Å². The van der Waals surface area contributed by atoms with Crippen LogP contribution in [0.1, 0.15) is 46.6 Å². The van der Waals surface area contributed by atoms with Gasteiger partial charge in [0, 0.05) is 0 Å². The summed E-state index contributed by atoms with van der Waals surface area (Å²) < 4.78 is 11.7. The number of benzene rings is 1. The molecule has 1 saturated heterocycles. The van der Waals surface area contributed by atoms with Crippen molar-refractivity contribution < 1.29 is 19.4 Å². The molecule has 3 atom stereocenters. The van der Waals surface area contributed by atoms with Crippen LogP contribution in [0.3, 0.4) is 0 Å². The lowest BCUT2D eigenvalue weighted by atomic mass is 9.96. The summed E-state index contributed by atoms with van der Waals surface area (Å²) in [5.41, 5.74) is -0.417. The van der Waals surface area contributed by atoms with Gasteiger partial charge in [0.05, 0.1) is 12.1 Å². The second-order valence-electron chi connectivity index (χ2n) is 8.23. The highest BCUT2D eigenvalue weighted by Gasteiger charge is 2.52. The zero-order valence-electron chi connectivity index (χ0n) is 16.4. The van der Waals surface area contributed by atoms with Crippen LogP contribution in [0.4, 0.5) is 4.79 Å². The van der Waals surface area contributed by atoms with Crippen LogP contribution < -0.4 is 0 Å². The fourth-order valence-corrected chi connectivity index (χ4v) is 3.38. The van der Waals surface area contributed by atoms with Crippen molar-refractivity contribution in [1.82, 2.24) is 4.90 Å². The van der Waals surface area contributed by atoms with Gasteiger partial charge in [-0.2, -0.15) is 0 Å². The van der Waals surface area contributed by atoms with Gasteiger partial charge in [-0.05, 0) is 53.0 Å². The van der Waals surface area contributed by atoms with E-state index >= 15 is 0 Å². The number of amides is 1. The fraction of sp³-hybridized carbons (Fsp3) is 0.571. The minimum atomic E-state index is -0.880. The van der Waals surface area contributed by atoms with E-state index in [1.807, 2.05) is 65.0 Å². The van der Waals surface area contributed by atoms with Crippen molar-refractivity contribution in [2.75, 3.05) is 0 Å². The number of carbonyl (C=O) groups excluding carboxylic acids is 1. The van der Waals surface area contributed by atoms with Crippen molar-refractivity contribution in [3.8, 4) is 0 Å². The van der Waals surface area contributed by atoms with Crippen LogP contribution in [-0.2, 0) is 15.9 Å². The number of nitrogens with zero attached hydrogens (tertiary/aromatic N) is 1. The normalized spacial score (nSPS) is 23.5. The van der Waals surface area contributed by atoms with Crippen molar-refractivity contribution in [1.29, 1.82) is 0 Å². The van der Waals surface area contributed by atoms with Crippen molar-refractivity contribution >= 4 is 6.09 Å². The zero-order chi connectivity index (χ0) is 19.5. The minimum absolute atomic E-state index is 0.336. The van der Waals surface area contributed by atoms with Gasteiger partial charge in [-0.3, -0.25) is 4.90 Å². The van der Waals surface area contributed by atoms with Crippen LogP contribution in [-0.4, -0.2) is 45.7 Å². The first-order valence-corrected chi connectivity index (χ1v) is 9.08. The van der Waals surface area contributed by atoms with Crippen LogP contribution in [0.15, 0.2) is 43.0 Å². The molecule has 2 rings (SSSR count). The second-order valence-corrected chi connectivity index (χ2v) is 8.23. The summed E-state index contributed by atoms with van der Waals surface area (Å²) in [4.78, 5) is 14.6. The molecule has 1 amide bonds. The molecule has 5 heteroatoms. The summed E-state index contributed by atoms with van der Waals surface area (Å²) in [5.74, 6) is 0. The molecule has 1 fully saturated rings. The fourth-order valence-electron chi connectivity index (χ4n) is 3.38. The first-order chi connectivity index (χ1) is 12.0. The molecule has 0 radical (unpaired) electrons. The van der Waals surface area contributed by atoms with Crippen LogP contribution in [0.5, 0.6) is 0 Å². The number of ether oxygens (including phenoxy) is 2. The SMILES string of the molecule is C=CC[C@H](O)[C@@H]1OC(C)(C)N(C(=O)OC(C)(C)C)[C@H]1Cc1ccccc1. The molecule has 1 aromatic rings. The third kappa shape index (κ3) is 4.86. The molecule has 1 aromatic carbocycles. The molecule has 1 aliphatic rings. The van der Waals surface area contributed by atoms with E-state index in [2.05, 4.69) is 6.58 Å². The number of hydrogen-bond acceptors (Lipinski definition) is 4. The van der Waals surface area contributed by atoms with Gasteiger partial charge >= 0.3 is 6.09 Å². The lowest BCUT2D eigenvalue weighted by Gasteiger charge is -2.35. The van der Waals surface area contributed by atoms with E-state index in [9.17, 15) is 9.90 Å². The molecule has 0 aromatic heterocycles. The highest BCUT2D eigenvalue weighted by atomic mass is 16.6. The molecule has 0 saturated carbocycles. The number of aliphatic hydroxyl groups is 1. The van der Waals surface area contributed by atoms with Crippen molar-refractivity contribution in [3.63, 3.8) is 0 Å². The van der Waals surface area contributed by atoms with Gasteiger partial charge in [-0.15, -0.1) is 6.58 Å². The van der Waals surface area contributed by atoms with Crippen LogP contribution in [0, 0.1) is 0 Å². The molecule has 1 aliphatic heterocycles. The molecule has 1 heterocycles. The Morgan fingerprint density at radius 1 is 1.38 bits per heavy atom. The van der Waals surface area contributed by atoms with Gasteiger partial charge in [-0.1, -0.05) is 36.4 Å². The maximum atomic E-state index is 12.9. The van der Waals surface area contributed by atoms with E-state index in [0.717, 1.165) is 5.56 Å². The predicted octanol–water partition coefficient (Wildman–Crippen LogP) is 3.91. The minimum Gasteiger partial charge on any atom is -0.444 e. The summed E-state index contributed by atoms with van der Waals surface area (Å²) in [6.45, 7) is 12.9. The van der Waals surface area contributed by atoms with E-state index in [-0.39, 0.29) is 6.04 Å². The maximum absolute atomic E-state index is 12.9. The van der Waals surface area contributed by atoms with Gasteiger partial charge < -0.3 is 14.6 Å². The maximum Gasteiger partial charge on any atom is 0.412 e. The molecule has 26 heavy (non-hydrogen) atoms. The lowest BCUT2D eigenvalue weighted by molar-refractivity contribution is -0.102. The molecule has 0 aliphatic carbocycles. The third-order valence-corrected chi connectivity index (χ3v) is 4.38. The predicted molar refractivity (Wildman–Crippen MR) is 102 cm³/mol. The standard InChI is InChI=1S/C21H31NO4/c1-7-11-17(23)18-16(14-15-12-9-8-10-13-15)22(21(5,6)25-18)19(24)26-20(2,3)4/h7-10,12-13,16-18,23H,1,11,14H2,2-6H3/t16-,17-,18+/m0/s1. The smallest absolute Gasteiger partial charge is 0.412 e. The first kappa shape index (κ1) is 20.5. The Labute approximate surface area is 156 Å². The highest BCUT2D eigenvalue weighted by Crippen LogP contribution is 2.37. The van der Waals surface area contributed by atoms with Gasteiger partial charge in [0.2, 0.25) is 0 Å². The molecule has 1 N–H and O–H groups in total. The Bertz CT molecular complexity index is 621. The van der Waals surface area contributed by atoms with E-state index in [1.54, 1.807) is 11.0 Å². The van der Waals surface area contributed by atoms with E-state index in [1.165, 1.54) is 0 Å². The Morgan fingerprint density at radius 2 is 2.00 bits per heavy atom. The summed E-state index contributed by atoms with van der Waals surface area (Å²) in [5, 5.41) is 10.6. The topological polar surface area (TPSA) is 59.0 Å². The number of carbonyl (C=O) groups is 1. The van der Waals surface area contributed by atoms with E-state index in [0.29, 0.717) is 12.8 Å². The first-order valence-electron chi connectivity index (χ1n) is 9.08. The summed E-state index contributed by atoms with van der Waals surface area (Å²) in [6.07, 6.45) is 0.938. The van der Waals surface area contributed by atoms with Crippen molar-refractivity contribution in [2.24, 2.45) is 0 Å². The Kier molecular flexibility index (Phi) is 6.14. The largest absolute Gasteiger partial charge is 0.444 e. The van der Waals surface area contributed by atoms with Crippen molar-refractivity contribution in [2.45, 2.75) is 77.0 Å². The molecule has 0 spiro atoms. The summed E-state index contributed by atoms with van der Waals surface area (Å²) in [6, 6.07) is 9.56. The number of hydrogen-bond donors (Lipinski definition) is 1. The molecule has 0 unspecified atom stereocenters. The molecule has 0 bridgehead atoms. The number of rotatable bonds is 5. The second kappa shape index (κ2) is 7.80. The molecular weight excluding hydrogens is 330 g/mol. The van der Waals surface area contributed by atoms with E-state index < -0.39 is 29.6 Å². The summed E-state index contributed by atoms with van der Waals surface area (Å²) >= 11 is 0. The Morgan fingerprint density at radius 3 is 2.54 bits per heavy atom. The monoisotopic (exact) mass is 361 g/mol. The quantitative estimate of drug-likeness (QED) is 0.808. The van der Waals surface area contributed by atoms with Crippen molar-refractivity contribution in [3.05, 3.63) is 48.6 Å². The van der Waals surface area contributed by atoms with Crippen LogP contribution in [0.2, 0.25) is 0 Å². The average molecular weight is 361 g/mol. The molecule has 144 valence electrons. The zero-order valence-corrected chi connectivity index (χ0v) is 16.4. The van der Waals surface area contributed by atoms with Gasteiger partial charge in [0.25, 0.3) is 0 Å². The number of aliphatic hydroxyl groups excluding tert-OH is 1. The van der Waals surface area contributed by atoms with Crippen LogP contribution >= 0.6 is 0 Å². The Balaban J connectivity index is 2.36. The molecular formula is C21H31NO4. The highest BCUT2D eigenvalue weighted by molar-refractivity contribution is 5.70. The summed E-state index contributed by atoms with van der Waals surface area (Å²) in [7, 11) is 0. The van der Waals surface area contributed by atoms with Gasteiger partial charge in [-0.25, -0.2) is 4.79 Å². The lowest BCUT2D eigenvalue weighted by Crippen LogP contribution is -2.51. The average Bonchev–Trinajstić information content (AvgIpc) is 2.78. The van der Waals surface area contributed by atoms with Gasteiger partial charge in [0.15, 0.2) is 0 Å². The Hall–Kier alpha value is -1.85. The van der Waals surface area contributed by atoms with E-state index in [4.69, 9.17) is 9.47 Å².